The first-order valence-corrected chi connectivity index (χ1v) is 11.2. The van der Waals surface area contributed by atoms with Gasteiger partial charge in [0.25, 0.3) is 5.91 Å². The van der Waals surface area contributed by atoms with Crippen LogP contribution in [0.5, 0.6) is 11.5 Å². The molecule has 0 aliphatic carbocycles. The molecule has 0 N–H and O–H groups in total. The van der Waals surface area contributed by atoms with Crippen molar-refractivity contribution in [1.82, 2.24) is 14.9 Å². The van der Waals surface area contributed by atoms with Gasteiger partial charge in [-0.05, 0) is 35.9 Å². The van der Waals surface area contributed by atoms with Gasteiger partial charge in [0, 0.05) is 44.1 Å². The number of carbonyl (C=O) groups excluding carboxylic acids is 1. The molecule has 0 spiro atoms. The first-order valence-electron chi connectivity index (χ1n) is 11.2. The van der Waals surface area contributed by atoms with Crippen LogP contribution in [0, 0.1) is 0 Å². The van der Waals surface area contributed by atoms with Crippen molar-refractivity contribution in [3.63, 3.8) is 0 Å². The third-order valence-electron chi connectivity index (χ3n) is 5.71. The van der Waals surface area contributed by atoms with Crippen LogP contribution in [0.1, 0.15) is 11.1 Å². The van der Waals surface area contributed by atoms with Gasteiger partial charge in [-0.2, -0.15) is 0 Å². The van der Waals surface area contributed by atoms with Gasteiger partial charge in [-0.1, -0.05) is 42.5 Å². The average molecular weight is 457 g/mol. The molecule has 1 aliphatic heterocycles. The smallest absolute Gasteiger partial charge is 0.254 e. The number of anilines is 1. The van der Waals surface area contributed by atoms with E-state index >= 15 is 0 Å². The molecule has 1 fully saturated rings. The second-order valence-corrected chi connectivity index (χ2v) is 7.71. The monoisotopic (exact) mass is 456 g/mol. The Morgan fingerprint density at radius 3 is 2.12 bits per heavy atom. The van der Waals surface area contributed by atoms with Gasteiger partial charge < -0.3 is 19.3 Å². The molecule has 7 nitrogen and oxygen atoms in total. The lowest BCUT2D eigenvalue weighted by atomic mass is 10.0. The highest BCUT2D eigenvalue weighted by atomic mass is 16.5. The number of aromatic nitrogens is 2. The molecule has 0 radical (unpaired) electrons. The summed E-state index contributed by atoms with van der Waals surface area (Å²) in [7, 11) is 3.25. The SMILES string of the molecule is COc1cccc(OC)c1/C=C/C=C(/C(=O)N1CCN(c2ncccn2)CC1)c1ccccc1. The molecule has 1 aromatic heterocycles. The Morgan fingerprint density at radius 2 is 1.50 bits per heavy atom. The molecule has 34 heavy (non-hydrogen) atoms. The van der Waals surface area contributed by atoms with Crippen molar-refractivity contribution in [3.8, 4) is 11.5 Å². The number of benzene rings is 2. The van der Waals surface area contributed by atoms with Crippen molar-refractivity contribution in [1.29, 1.82) is 0 Å². The Labute approximate surface area is 200 Å². The van der Waals surface area contributed by atoms with Crippen molar-refractivity contribution in [2.75, 3.05) is 45.3 Å². The Bertz CT molecular complexity index is 1130. The van der Waals surface area contributed by atoms with E-state index in [0.29, 0.717) is 49.2 Å². The number of rotatable bonds is 7. The number of nitrogens with zero attached hydrogens (tertiary/aromatic N) is 4. The van der Waals surface area contributed by atoms with Gasteiger partial charge in [-0.3, -0.25) is 4.79 Å². The fraction of sp³-hybridized carbons (Fsp3) is 0.222. The van der Waals surface area contributed by atoms with E-state index in [-0.39, 0.29) is 5.91 Å². The average Bonchev–Trinajstić information content (AvgIpc) is 2.91. The van der Waals surface area contributed by atoms with Crippen LogP contribution in [0.25, 0.3) is 11.6 Å². The number of hydrogen-bond donors (Lipinski definition) is 0. The fourth-order valence-corrected chi connectivity index (χ4v) is 3.93. The molecule has 0 atom stereocenters. The summed E-state index contributed by atoms with van der Waals surface area (Å²) in [5.41, 5.74) is 2.33. The van der Waals surface area contributed by atoms with E-state index in [4.69, 9.17) is 9.47 Å². The summed E-state index contributed by atoms with van der Waals surface area (Å²) in [6.45, 7) is 2.58. The van der Waals surface area contributed by atoms with Crippen LogP contribution < -0.4 is 14.4 Å². The summed E-state index contributed by atoms with van der Waals surface area (Å²) >= 11 is 0. The van der Waals surface area contributed by atoms with Crippen LogP contribution in [0.15, 0.2) is 79.1 Å². The Kier molecular flexibility index (Phi) is 7.55. The Morgan fingerprint density at radius 1 is 0.853 bits per heavy atom. The Hall–Kier alpha value is -4.13. The van der Waals surface area contributed by atoms with Crippen molar-refractivity contribution in [2.45, 2.75) is 0 Å². The molecule has 0 bridgehead atoms. The summed E-state index contributed by atoms with van der Waals surface area (Å²) in [4.78, 5) is 26.2. The maximum Gasteiger partial charge on any atom is 0.254 e. The molecule has 1 aliphatic rings. The molecule has 0 saturated carbocycles. The van der Waals surface area contributed by atoms with Gasteiger partial charge in [0.1, 0.15) is 11.5 Å². The van der Waals surface area contributed by atoms with Crippen LogP contribution in [0.3, 0.4) is 0 Å². The van der Waals surface area contributed by atoms with E-state index in [2.05, 4.69) is 14.9 Å². The summed E-state index contributed by atoms with van der Waals surface area (Å²) < 4.78 is 11.0. The zero-order chi connectivity index (χ0) is 23.8. The third-order valence-corrected chi connectivity index (χ3v) is 5.71. The number of methoxy groups -OCH3 is 2. The number of piperazine rings is 1. The first-order chi connectivity index (χ1) is 16.7. The topological polar surface area (TPSA) is 67.8 Å². The molecule has 7 heteroatoms. The lowest BCUT2D eigenvalue weighted by Crippen LogP contribution is -2.49. The minimum Gasteiger partial charge on any atom is -0.496 e. The van der Waals surface area contributed by atoms with Gasteiger partial charge in [-0.15, -0.1) is 0 Å². The Balaban J connectivity index is 1.56. The van der Waals surface area contributed by atoms with Crippen molar-refractivity contribution in [2.24, 2.45) is 0 Å². The van der Waals surface area contributed by atoms with Gasteiger partial charge in [-0.25, -0.2) is 9.97 Å². The maximum absolute atomic E-state index is 13.6. The molecule has 174 valence electrons. The van der Waals surface area contributed by atoms with E-state index in [1.807, 2.05) is 71.7 Å². The minimum absolute atomic E-state index is 0.00327. The van der Waals surface area contributed by atoms with E-state index in [1.54, 1.807) is 32.7 Å². The van der Waals surface area contributed by atoms with Gasteiger partial charge in [0.05, 0.1) is 19.8 Å². The van der Waals surface area contributed by atoms with Crippen molar-refractivity contribution in [3.05, 3.63) is 90.3 Å². The molecule has 1 amide bonds. The predicted octanol–water partition coefficient (Wildman–Crippen LogP) is 3.94. The number of amides is 1. The quantitative estimate of drug-likeness (QED) is 0.396. The highest BCUT2D eigenvalue weighted by molar-refractivity contribution is 6.20. The van der Waals surface area contributed by atoms with E-state index in [0.717, 1.165) is 11.1 Å². The van der Waals surface area contributed by atoms with E-state index in [1.165, 1.54) is 0 Å². The number of allylic oxidation sites excluding steroid dienone is 2. The predicted molar refractivity (Wildman–Crippen MR) is 134 cm³/mol. The lowest BCUT2D eigenvalue weighted by molar-refractivity contribution is -0.125. The highest BCUT2D eigenvalue weighted by Crippen LogP contribution is 2.30. The molecule has 0 unspecified atom stereocenters. The molecule has 2 aromatic carbocycles. The minimum atomic E-state index is -0.00327. The third kappa shape index (κ3) is 5.26. The van der Waals surface area contributed by atoms with Crippen LogP contribution in [0.4, 0.5) is 5.95 Å². The van der Waals surface area contributed by atoms with Crippen molar-refractivity contribution >= 4 is 23.5 Å². The molecule has 4 rings (SSSR count). The summed E-state index contributed by atoms with van der Waals surface area (Å²) in [5, 5.41) is 0. The molecule has 1 saturated heterocycles. The summed E-state index contributed by atoms with van der Waals surface area (Å²) in [5.74, 6) is 2.10. The lowest BCUT2D eigenvalue weighted by Gasteiger charge is -2.35. The highest BCUT2D eigenvalue weighted by Gasteiger charge is 2.25. The number of carbonyl (C=O) groups is 1. The van der Waals surface area contributed by atoms with E-state index < -0.39 is 0 Å². The summed E-state index contributed by atoms with van der Waals surface area (Å²) in [6, 6.07) is 17.2. The summed E-state index contributed by atoms with van der Waals surface area (Å²) in [6.07, 6.45) is 9.10. The molecular formula is C27H28N4O3. The number of hydrogen-bond acceptors (Lipinski definition) is 6. The zero-order valence-electron chi connectivity index (χ0n) is 19.4. The normalized spacial score (nSPS) is 14.4. The van der Waals surface area contributed by atoms with Crippen LogP contribution in [0.2, 0.25) is 0 Å². The van der Waals surface area contributed by atoms with Crippen molar-refractivity contribution < 1.29 is 14.3 Å². The zero-order valence-corrected chi connectivity index (χ0v) is 19.4. The second kappa shape index (κ2) is 11.1. The molecule has 3 aromatic rings. The second-order valence-electron chi connectivity index (χ2n) is 7.71. The first kappa shape index (κ1) is 23.0. The maximum atomic E-state index is 13.6. The molecule has 2 heterocycles. The largest absolute Gasteiger partial charge is 0.496 e. The fourth-order valence-electron chi connectivity index (χ4n) is 3.93. The van der Waals surface area contributed by atoms with Gasteiger partial charge in [0.15, 0.2) is 0 Å². The number of ether oxygens (including phenoxy) is 2. The van der Waals surface area contributed by atoms with Crippen LogP contribution >= 0.6 is 0 Å². The van der Waals surface area contributed by atoms with E-state index in [9.17, 15) is 4.79 Å². The standard InChI is InChI=1S/C27H28N4O3/c1-33-24-13-7-14-25(34-2)23(24)12-6-11-22(21-9-4-3-5-10-21)26(32)30-17-19-31(20-18-30)27-28-15-8-16-29-27/h3-16H,17-20H2,1-2H3/b12-6+,22-11+. The van der Waals surface area contributed by atoms with Gasteiger partial charge in [0.2, 0.25) is 5.95 Å². The van der Waals surface area contributed by atoms with Crippen LogP contribution in [-0.2, 0) is 4.79 Å². The van der Waals surface area contributed by atoms with Crippen LogP contribution in [-0.4, -0.2) is 61.2 Å². The molecular weight excluding hydrogens is 428 g/mol. The van der Waals surface area contributed by atoms with Gasteiger partial charge >= 0.3 is 0 Å².